The summed E-state index contributed by atoms with van der Waals surface area (Å²) in [6.07, 6.45) is 0.374. The van der Waals surface area contributed by atoms with E-state index in [-0.39, 0.29) is 5.91 Å². The average Bonchev–Trinajstić information content (AvgIpc) is 3.18. The zero-order valence-electron chi connectivity index (χ0n) is 16.6. The van der Waals surface area contributed by atoms with Crippen molar-refractivity contribution in [3.63, 3.8) is 0 Å². The molecule has 0 saturated carbocycles. The number of carbonyl (C=O) groups excluding carboxylic acids is 1. The van der Waals surface area contributed by atoms with E-state index in [0.29, 0.717) is 13.0 Å². The maximum atomic E-state index is 13.2. The zero-order chi connectivity index (χ0) is 20.1. The van der Waals surface area contributed by atoms with Gasteiger partial charge in [0.15, 0.2) is 5.13 Å². The number of nitrogens with one attached hydrogen (secondary N) is 1. The second-order valence-corrected chi connectivity index (χ2v) is 8.16. The van der Waals surface area contributed by atoms with Crippen LogP contribution in [0.3, 0.4) is 0 Å². The summed E-state index contributed by atoms with van der Waals surface area (Å²) in [5.74, 6) is 0.877. The fourth-order valence-electron chi connectivity index (χ4n) is 3.51. The topological polar surface area (TPSA) is 56.1 Å². The van der Waals surface area contributed by atoms with Gasteiger partial charge in [-0.1, -0.05) is 41.7 Å². The Morgan fingerprint density at radius 3 is 2.76 bits per heavy atom. The number of rotatable bonds is 7. The Balaban J connectivity index is 1.57. The van der Waals surface area contributed by atoms with Crippen LogP contribution in [0.5, 0.6) is 5.75 Å². The SMILES string of the molecule is COc1ccc2nc(N(CC[NH+]3CCOCC3)C(=O)Cc3ccccc3)sc2c1. The van der Waals surface area contributed by atoms with E-state index in [1.54, 1.807) is 18.4 Å². The van der Waals surface area contributed by atoms with E-state index in [0.717, 1.165) is 59.5 Å². The Kier molecular flexibility index (Phi) is 6.39. The monoisotopic (exact) mass is 412 g/mol. The fourth-order valence-corrected chi connectivity index (χ4v) is 4.55. The predicted octanol–water partition coefficient (Wildman–Crippen LogP) is 1.80. The van der Waals surface area contributed by atoms with E-state index in [2.05, 4.69) is 0 Å². The second kappa shape index (κ2) is 9.35. The van der Waals surface area contributed by atoms with Gasteiger partial charge in [-0.05, 0) is 23.8 Å². The van der Waals surface area contributed by atoms with Crippen molar-refractivity contribution < 1.29 is 19.2 Å². The zero-order valence-corrected chi connectivity index (χ0v) is 17.4. The van der Waals surface area contributed by atoms with Crippen LogP contribution in [0, 0.1) is 0 Å². The molecule has 1 amide bonds. The lowest BCUT2D eigenvalue weighted by Gasteiger charge is -2.27. The molecule has 2 aromatic carbocycles. The number of hydrogen-bond donors (Lipinski definition) is 1. The fraction of sp³-hybridized carbons (Fsp3) is 0.364. The van der Waals surface area contributed by atoms with Crippen LogP contribution in [0.1, 0.15) is 5.56 Å². The Hall–Kier alpha value is -2.48. The van der Waals surface area contributed by atoms with Crippen molar-refractivity contribution in [2.24, 2.45) is 0 Å². The maximum Gasteiger partial charge on any atom is 0.233 e. The van der Waals surface area contributed by atoms with Gasteiger partial charge in [0, 0.05) is 0 Å². The summed E-state index contributed by atoms with van der Waals surface area (Å²) in [6.45, 7) is 5.08. The summed E-state index contributed by atoms with van der Waals surface area (Å²) in [5.41, 5.74) is 1.91. The molecule has 1 N–H and O–H groups in total. The predicted molar refractivity (Wildman–Crippen MR) is 115 cm³/mol. The van der Waals surface area contributed by atoms with E-state index < -0.39 is 0 Å². The number of benzene rings is 2. The number of fused-ring (bicyclic) bond motifs is 1. The van der Waals surface area contributed by atoms with Crippen LogP contribution in [-0.4, -0.2) is 57.4 Å². The van der Waals surface area contributed by atoms with Gasteiger partial charge < -0.3 is 14.4 Å². The number of carbonyl (C=O) groups is 1. The molecule has 2 heterocycles. The van der Waals surface area contributed by atoms with Crippen LogP contribution in [0.25, 0.3) is 10.2 Å². The van der Waals surface area contributed by atoms with E-state index in [1.807, 2.05) is 53.4 Å². The molecule has 0 atom stereocenters. The van der Waals surface area contributed by atoms with E-state index in [9.17, 15) is 4.79 Å². The van der Waals surface area contributed by atoms with Gasteiger partial charge in [0.1, 0.15) is 18.8 Å². The third-order valence-electron chi connectivity index (χ3n) is 5.20. The van der Waals surface area contributed by atoms with Crippen LogP contribution < -0.4 is 14.5 Å². The van der Waals surface area contributed by atoms with E-state index in [1.165, 1.54) is 4.90 Å². The first kappa shape index (κ1) is 19.8. The largest absolute Gasteiger partial charge is 0.497 e. The van der Waals surface area contributed by atoms with Crippen molar-refractivity contribution in [1.29, 1.82) is 0 Å². The van der Waals surface area contributed by atoms with Crippen molar-refractivity contribution in [3.05, 3.63) is 54.1 Å². The molecule has 29 heavy (non-hydrogen) atoms. The molecule has 0 unspecified atom stereocenters. The number of morpholine rings is 1. The van der Waals surface area contributed by atoms with Gasteiger partial charge in [-0.25, -0.2) is 4.98 Å². The highest BCUT2D eigenvalue weighted by Gasteiger charge is 2.23. The highest BCUT2D eigenvalue weighted by atomic mass is 32.1. The average molecular weight is 413 g/mol. The van der Waals surface area contributed by atoms with E-state index >= 15 is 0 Å². The van der Waals surface area contributed by atoms with Crippen molar-refractivity contribution in [2.45, 2.75) is 6.42 Å². The third kappa shape index (κ3) is 4.93. The molecule has 6 nitrogen and oxygen atoms in total. The minimum absolute atomic E-state index is 0.0786. The molecular formula is C22H26N3O3S+. The molecule has 1 aliphatic rings. The number of methoxy groups -OCH3 is 1. The van der Waals surface area contributed by atoms with Gasteiger partial charge in [0.25, 0.3) is 0 Å². The summed E-state index contributed by atoms with van der Waals surface area (Å²) in [7, 11) is 1.66. The molecule has 0 spiro atoms. The Bertz CT molecular complexity index is 954. The first-order valence-electron chi connectivity index (χ1n) is 9.93. The summed E-state index contributed by atoms with van der Waals surface area (Å²) in [6, 6.07) is 15.7. The molecule has 1 aromatic heterocycles. The molecule has 4 rings (SSSR count). The smallest absolute Gasteiger partial charge is 0.233 e. The number of hydrogen-bond acceptors (Lipinski definition) is 5. The van der Waals surface area contributed by atoms with Crippen LogP contribution >= 0.6 is 11.3 Å². The lowest BCUT2D eigenvalue weighted by molar-refractivity contribution is -0.906. The lowest BCUT2D eigenvalue weighted by atomic mass is 10.1. The molecule has 1 fully saturated rings. The van der Waals surface area contributed by atoms with Gasteiger partial charge in [-0.2, -0.15) is 0 Å². The lowest BCUT2D eigenvalue weighted by Crippen LogP contribution is -3.14. The maximum absolute atomic E-state index is 13.2. The Morgan fingerprint density at radius 2 is 2.00 bits per heavy atom. The molecule has 7 heteroatoms. The molecule has 3 aromatic rings. The summed E-state index contributed by atoms with van der Waals surface area (Å²) < 4.78 is 11.8. The second-order valence-electron chi connectivity index (χ2n) is 7.15. The highest BCUT2D eigenvalue weighted by molar-refractivity contribution is 7.22. The number of quaternary nitrogens is 1. The summed E-state index contributed by atoms with van der Waals surface area (Å²) >= 11 is 1.54. The van der Waals surface area contributed by atoms with Crippen LogP contribution in [0.2, 0.25) is 0 Å². The number of aromatic nitrogens is 1. The van der Waals surface area contributed by atoms with Gasteiger partial charge in [-0.3, -0.25) is 9.69 Å². The number of nitrogens with zero attached hydrogens (tertiary/aromatic N) is 2. The van der Waals surface area contributed by atoms with Crippen LogP contribution in [0.15, 0.2) is 48.5 Å². The number of anilines is 1. The Morgan fingerprint density at radius 1 is 1.21 bits per heavy atom. The van der Waals surface area contributed by atoms with Crippen molar-refractivity contribution in [1.82, 2.24) is 4.98 Å². The molecule has 152 valence electrons. The standard InChI is InChI=1S/C22H25N3O3S/c1-27-18-7-8-19-20(16-18)29-22(23-19)25(10-9-24-11-13-28-14-12-24)21(26)15-17-5-3-2-4-6-17/h2-8,16H,9-15H2,1H3/p+1. The molecule has 1 aliphatic heterocycles. The third-order valence-corrected chi connectivity index (χ3v) is 6.24. The number of thiazole rings is 1. The van der Waals surface area contributed by atoms with Gasteiger partial charge in [0.05, 0.1) is 50.1 Å². The molecular weight excluding hydrogens is 386 g/mol. The molecule has 1 saturated heterocycles. The molecule has 0 aliphatic carbocycles. The first-order valence-corrected chi connectivity index (χ1v) is 10.7. The highest BCUT2D eigenvalue weighted by Crippen LogP contribution is 2.31. The minimum Gasteiger partial charge on any atom is -0.497 e. The Labute approximate surface area is 174 Å². The van der Waals surface area contributed by atoms with Gasteiger partial charge >= 0.3 is 0 Å². The minimum atomic E-state index is 0.0786. The number of amides is 1. The first-order chi connectivity index (χ1) is 14.2. The van der Waals surface area contributed by atoms with Crippen LogP contribution in [0.4, 0.5) is 5.13 Å². The quantitative estimate of drug-likeness (QED) is 0.643. The van der Waals surface area contributed by atoms with Crippen molar-refractivity contribution in [3.8, 4) is 5.75 Å². The molecule has 0 radical (unpaired) electrons. The normalized spacial score (nSPS) is 14.8. The van der Waals surface area contributed by atoms with Crippen LogP contribution in [-0.2, 0) is 16.0 Å². The van der Waals surface area contributed by atoms with Crippen molar-refractivity contribution in [2.75, 3.05) is 51.4 Å². The summed E-state index contributed by atoms with van der Waals surface area (Å²) in [4.78, 5) is 21.3. The molecule has 0 bridgehead atoms. The van der Waals surface area contributed by atoms with Gasteiger partial charge in [-0.15, -0.1) is 0 Å². The number of ether oxygens (including phenoxy) is 2. The van der Waals surface area contributed by atoms with Gasteiger partial charge in [0.2, 0.25) is 5.91 Å². The van der Waals surface area contributed by atoms with E-state index in [4.69, 9.17) is 14.5 Å². The van der Waals surface area contributed by atoms with Crippen molar-refractivity contribution >= 4 is 32.6 Å². The summed E-state index contributed by atoms with van der Waals surface area (Å²) in [5, 5.41) is 0.752.